The third kappa shape index (κ3) is 3.86. The lowest BCUT2D eigenvalue weighted by Gasteiger charge is -2.34. The van der Waals surface area contributed by atoms with Crippen LogP contribution in [0.25, 0.3) is 21.0 Å². The number of amides is 1. The molecule has 1 amide bonds. The molecule has 0 bridgehead atoms. The van der Waals surface area contributed by atoms with Crippen molar-refractivity contribution in [1.82, 2.24) is 15.1 Å². The highest BCUT2D eigenvalue weighted by Crippen LogP contribution is 2.32. The van der Waals surface area contributed by atoms with Gasteiger partial charge in [-0.1, -0.05) is 59.9 Å². The number of rotatable bonds is 4. The zero-order chi connectivity index (χ0) is 20.3. The third-order valence-corrected chi connectivity index (χ3v) is 7.25. The first-order valence-electron chi connectivity index (χ1n) is 9.85. The molecule has 0 atom stereocenters. The molecule has 0 spiro atoms. The lowest BCUT2D eigenvalue weighted by atomic mass is 10.0. The molecule has 2 aromatic heterocycles. The molecule has 0 aliphatic carbocycles. The molecule has 1 saturated heterocycles. The van der Waals surface area contributed by atoms with Crippen LogP contribution in [0.3, 0.4) is 0 Å². The van der Waals surface area contributed by atoms with Crippen molar-refractivity contribution in [3.05, 3.63) is 77.7 Å². The Morgan fingerprint density at radius 1 is 0.800 bits per heavy atom. The molecular formula is C23H20N4OS2. The second-order valence-electron chi connectivity index (χ2n) is 7.09. The molecule has 1 fully saturated rings. The minimum atomic E-state index is 0.0887. The van der Waals surface area contributed by atoms with Crippen molar-refractivity contribution >= 4 is 33.7 Å². The van der Waals surface area contributed by atoms with Crippen LogP contribution in [0.15, 0.2) is 72.1 Å². The molecule has 0 radical (unpaired) electrons. The van der Waals surface area contributed by atoms with Crippen molar-refractivity contribution < 1.29 is 4.79 Å². The van der Waals surface area contributed by atoms with E-state index >= 15 is 0 Å². The van der Waals surface area contributed by atoms with Crippen LogP contribution in [0, 0.1) is 0 Å². The summed E-state index contributed by atoms with van der Waals surface area (Å²) in [6, 6.07) is 22.2. The maximum absolute atomic E-state index is 12.9. The Balaban J connectivity index is 1.22. The number of thiophene rings is 1. The van der Waals surface area contributed by atoms with E-state index in [0.29, 0.717) is 13.1 Å². The molecule has 2 aromatic carbocycles. The first kappa shape index (κ1) is 19.0. The Kier molecular flexibility index (Phi) is 5.29. The van der Waals surface area contributed by atoms with Gasteiger partial charge in [0.1, 0.15) is 0 Å². The molecule has 0 saturated carbocycles. The number of aromatic nitrogens is 2. The Morgan fingerprint density at radius 2 is 1.53 bits per heavy atom. The predicted molar refractivity (Wildman–Crippen MR) is 123 cm³/mol. The van der Waals surface area contributed by atoms with Crippen LogP contribution in [0.5, 0.6) is 0 Å². The van der Waals surface area contributed by atoms with Crippen LogP contribution >= 0.6 is 22.7 Å². The maximum atomic E-state index is 12.9. The van der Waals surface area contributed by atoms with Crippen molar-refractivity contribution in [3.8, 4) is 21.0 Å². The summed E-state index contributed by atoms with van der Waals surface area (Å²) in [5.41, 5.74) is 3.01. The van der Waals surface area contributed by atoms with E-state index in [-0.39, 0.29) is 5.91 Å². The Hall–Kier alpha value is -3.03. The first-order chi connectivity index (χ1) is 14.8. The van der Waals surface area contributed by atoms with E-state index in [0.717, 1.165) is 44.8 Å². The van der Waals surface area contributed by atoms with Gasteiger partial charge in [0, 0.05) is 31.7 Å². The molecule has 1 aliphatic rings. The second kappa shape index (κ2) is 8.38. The van der Waals surface area contributed by atoms with Crippen molar-refractivity contribution in [2.45, 2.75) is 0 Å². The zero-order valence-electron chi connectivity index (χ0n) is 16.3. The van der Waals surface area contributed by atoms with Crippen LogP contribution in [0.1, 0.15) is 10.4 Å². The van der Waals surface area contributed by atoms with Gasteiger partial charge in [0.25, 0.3) is 5.91 Å². The van der Waals surface area contributed by atoms with Crippen molar-refractivity contribution in [2.24, 2.45) is 0 Å². The molecule has 5 nitrogen and oxygen atoms in total. The fourth-order valence-corrected chi connectivity index (χ4v) is 5.25. The molecule has 30 heavy (non-hydrogen) atoms. The fraction of sp³-hybridized carbons (Fsp3) is 0.174. The van der Waals surface area contributed by atoms with Gasteiger partial charge in [0.05, 0.1) is 4.88 Å². The molecule has 4 aromatic rings. The van der Waals surface area contributed by atoms with E-state index < -0.39 is 0 Å². The van der Waals surface area contributed by atoms with Crippen LogP contribution in [-0.4, -0.2) is 47.2 Å². The average molecular weight is 433 g/mol. The van der Waals surface area contributed by atoms with Gasteiger partial charge in [-0.2, -0.15) is 0 Å². The monoisotopic (exact) mass is 432 g/mol. The summed E-state index contributed by atoms with van der Waals surface area (Å²) in [4.78, 5) is 18.2. The standard InChI is InChI=1S/C23H20N4OS2/c28-22(19-10-8-18(9-11-19)17-5-2-1-3-6-17)26-12-14-27(15-13-26)23-25-24-21(30-23)20-7-4-16-29-20/h1-11,16H,12-15H2. The Morgan fingerprint density at radius 3 is 2.23 bits per heavy atom. The number of carbonyl (C=O) groups excluding carboxylic acids is 1. The van der Waals surface area contributed by atoms with E-state index in [9.17, 15) is 4.79 Å². The van der Waals surface area contributed by atoms with Crippen molar-refractivity contribution in [1.29, 1.82) is 0 Å². The molecule has 150 valence electrons. The number of anilines is 1. The lowest BCUT2D eigenvalue weighted by molar-refractivity contribution is 0.0747. The summed E-state index contributed by atoms with van der Waals surface area (Å²) in [7, 11) is 0. The van der Waals surface area contributed by atoms with E-state index in [1.54, 1.807) is 22.7 Å². The molecular weight excluding hydrogens is 412 g/mol. The zero-order valence-corrected chi connectivity index (χ0v) is 17.9. The highest BCUT2D eigenvalue weighted by Gasteiger charge is 2.24. The number of piperazine rings is 1. The molecule has 5 rings (SSSR count). The Bertz CT molecular complexity index is 1120. The summed E-state index contributed by atoms with van der Waals surface area (Å²) in [5.74, 6) is 0.0887. The quantitative estimate of drug-likeness (QED) is 0.460. The van der Waals surface area contributed by atoms with Gasteiger partial charge in [0.2, 0.25) is 5.13 Å². The van der Waals surface area contributed by atoms with Crippen molar-refractivity contribution in [2.75, 3.05) is 31.1 Å². The van der Waals surface area contributed by atoms with Gasteiger partial charge < -0.3 is 9.80 Å². The minimum Gasteiger partial charge on any atom is -0.343 e. The number of nitrogens with zero attached hydrogens (tertiary/aromatic N) is 4. The topological polar surface area (TPSA) is 49.3 Å². The van der Waals surface area contributed by atoms with E-state index in [2.05, 4.69) is 33.3 Å². The van der Waals surface area contributed by atoms with Crippen LogP contribution in [0.2, 0.25) is 0 Å². The normalized spacial score (nSPS) is 14.1. The number of hydrogen-bond donors (Lipinski definition) is 0. The van der Waals surface area contributed by atoms with Crippen LogP contribution < -0.4 is 4.90 Å². The minimum absolute atomic E-state index is 0.0887. The number of benzene rings is 2. The van der Waals surface area contributed by atoms with Gasteiger partial charge in [-0.3, -0.25) is 4.79 Å². The largest absolute Gasteiger partial charge is 0.343 e. The number of carbonyl (C=O) groups is 1. The van der Waals surface area contributed by atoms with E-state index in [1.807, 2.05) is 58.8 Å². The fourth-order valence-electron chi connectivity index (χ4n) is 3.56. The lowest BCUT2D eigenvalue weighted by Crippen LogP contribution is -2.48. The average Bonchev–Trinajstić information content (AvgIpc) is 3.52. The van der Waals surface area contributed by atoms with Gasteiger partial charge in [-0.25, -0.2) is 0 Å². The van der Waals surface area contributed by atoms with Gasteiger partial charge >= 0.3 is 0 Å². The molecule has 1 aliphatic heterocycles. The van der Waals surface area contributed by atoms with Gasteiger partial charge in [-0.05, 0) is 34.7 Å². The highest BCUT2D eigenvalue weighted by molar-refractivity contribution is 7.22. The van der Waals surface area contributed by atoms with Gasteiger partial charge in [0.15, 0.2) is 5.01 Å². The second-order valence-corrected chi connectivity index (χ2v) is 8.99. The van der Waals surface area contributed by atoms with Crippen molar-refractivity contribution in [3.63, 3.8) is 0 Å². The third-order valence-electron chi connectivity index (χ3n) is 5.22. The molecule has 0 unspecified atom stereocenters. The summed E-state index contributed by atoms with van der Waals surface area (Å²) < 4.78 is 0. The summed E-state index contributed by atoms with van der Waals surface area (Å²) in [5, 5.41) is 12.6. The number of hydrogen-bond acceptors (Lipinski definition) is 6. The van der Waals surface area contributed by atoms with E-state index in [4.69, 9.17) is 0 Å². The molecule has 7 heteroatoms. The van der Waals surface area contributed by atoms with E-state index in [1.165, 1.54) is 0 Å². The van der Waals surface area contributed by atoms with Crippen LogP contribution in [-0.2, 0) is 0 Å². The smallest absolute Gasteiger partial charge is 0.253 e. The molecule has 3 heterocycles. The first-order valence-corrected chi connectivity index (χ1v) is 11.5. The highest BCUT2D eigenvalue weighted by atomic mass is 32.1. The maximum Gasteiger partial charge on any atom is 0.253 e. The molecule has 0 N–H and O–H groups in total. The predicted octanol–water partition coefficient (Wildman–Crippen LogP) is 4.90. The van der Waals surface area contributed by atoms with Crippen LogP contribution in [0.4, 0.5) is 5.13 Å². The Labute approximate surface area is 183 Å². The summed E-state index contributed by atoms with van der Waals surface area (Å²) in [6.07, 6.45) is 0. The summed E-state index contributed by atoms with van der Waals surface area (Å²) >= 11 is 3.29. The SMILES string of the molecule is O=C(c1ccc(-c2ccccc2)cc1)N1CCN(c2nnc(-c3cccs3)s2)CC1. The van der Waals surface area contributed by atoms with Gasteiger partial charge in [-0.15, -0.1) is 21.5 Å². The summed E-state index contributed by atoms with van der Waals surface area (Å²) in [6.45, 7) is 2.92.